The molecule has 3 N–H and O–H groups in total. The molecule has 0 radical (unpaired) electrons. The number of aryl methyl sites for hydroxylation is 1. The van der Waals surface area contributed by atoms with Crippen LogP contribution in [0.3, 0.4) is 0 Å². The summed E-state index contributed by atoms with van der Waals surface area (Å²) in [6, 6.07) is 8.73. The van der Waals surface area contributed by atoms with E-state index in [-0.39, 0.29) is 11.9 Å². The van der Waals surface area contributed by atoms with Gasteiger partial charge in [-0.1, -0.05) is 19.1 Å². The first-order valence-electron chi connectivity index (χ1n) is 6.49. The standard InChI is InChI=1S/C15H17FIN3/c1-2-10-3-5-12(19-9-10)8-15(20-18)13-6-4-11(16)7-14(13)17/h3-7,9,15,20H,2,8,18H2,1H3. The van der Waals surface area contributed by atoms with E-state index in [1.54, 1.807) is 6.07 Å². The molecule has 3 nitrogen and oxygen atoms in total. The summed E-state index contributed by atoms with van der Waals surface area (Å²) in [4.78, 5) is 4.44. The molecule has 106 valence electrons. The van der Waals surface area contributed by atoms with Gasteiger partial charge in [-0.05, 0) is 58.3 Å². The Morgan fingerprint density at radius 3 is 2.70 bits per heavy atom. The Morgan fingerprint density at radius 1 is 1.35 bits per heavy atom. The summed E-state index contributed by atoms with van der Waals surface area (Å²) in [6.45, 7) is 2.10. The van der Waals surface area contributed by atoms with Crippen LogP contribution >= 0.6 is 22.6 Å². The summed E-state index contributed by atoms with van der Waals surface area (Å²) in [6.07, 6.45) is 3.53. The van der Waals surface area contributed by atoms with Crippen LogP contribution in [0.4, 0.5) is 4.39 Å². The smallest absolute Gasteiger partial charge is 0.124 e. The van der Waals surface area contributed by atoms with E-state index < -0.39 is 0 Å². The Labute approximate surface area is 131 Å². The molecule has 0 aliphatic carbocycles. The van der Waals surface area contributed by atoms with E-state index in [0.717, 1.165) is 21.2 Å². The fraction of sp³-hybridized carbons (Fsp3) is 0.267. The van der Waals surface area contributed by atoms with Crippen molar-refractivity contribution in [2.75, 3.05) is 0 Å². The number of pyridine rings is 1. The van der Waals surface area contributed by atoms with Crippen molar-refractivity contribution < 1.29 is 4.39 Å². The number of nitrogens with two attached hydrogens (primary N) is 1. The molecule has 5 heteroatoms. The Morgan fingerprint density at radius 2 is 2.15 bits per heavy atom. The number of aromatic nitrogens is 1. The maximum Gasteiger partial charge on any atom is 0.124 e. The molecule has 0 aliphatic heterocycles. The minimum absolute atomic E-state index is 0.0810. The maximum atomic E-state index is 13.2. The molecular formula is C15H17FIN3. The van der Waals surface area contributed by atoms with Gasteiger partial charge in [0.2, 0.25) is 0 Å². The molecule has 0 fully saturated rings. The van der Waals surface area contributed by atoms with Crippen molar-refractivity contribution in [3.63, 3.8) is 0 Å². The molecule has 0 spiro atoms. The molecule has 0 amide bonds. The highest BCUT2D eigenvalue weighted by Crippen LogP contribution is 2.23. The van der Waals surface area contributed by atoms with Crippen molar-refractivity contribution in [1.82, 2.24) is 10.4 Å². The van der Waals surface area contributed by atoms with Crippen molar-refractivity contribution >= 4 is 22.6 Å². The fourth-order valence-electron chi connectivity index (χ4n) is 2.04. The zero-order valence-electron chi connectivity index (χ0n) is 11.2. The second kappa shape index (κ2) is 7.10. The summed E-state index contributed by atoms with van der Waals surface area (Å²) in [7, 11) is 0. The highest BCUT2D eigenvalue weighted by molar-refractivity contribution is 14.1. The van der Waals surface area contributed by atoms with Crippen LogP contribution in [0.1, 0.15) is 29.8 Å². The number of benzene rings is 1. The Bertz CT molecular complexity index is 572. The summed E-state index contributed by atoms with van der Waals surface area (Å²) >= 11 is 2.12. The lowest BCUT2D eigenvalue weighted by molar-refractivity contribution is 0.541. The monoisotopic (exact) mass is 385 g/mol. The second-order valence-electron chi connectivity index (χ2n) is 4.60. The third-order valence-corrected chi connectivity index (χ3v) is 4.18. The molecule has 1 unspecified atom stereocenters. The lowest BCUT2D eigenvalue weighted by Crippen LogP contribution is -2.30. The first-order chi connectivity index (χ1) is 9.63. The number of nitrogens with one attached hydrogen (secondary N) is 1. The molecule has 1 atom stereocenters. The van der Waals surface area contributed by atoms with Crippen molar-refractivity contribution in [1.29, 1.82) is 0 Å². The average Bonchev–Trinajstić information content (AvgIpc) is 2.46. The predicted octanol–water partition coefficient (Wildman–Crippen LogP) is 3.13. The first kappa shape index (κ1) is 15.3. The molecule has 0 aliphatic rings. The van der Waals surface area contributed by atoms with Crippen LogP contribution in [0.15, 0.2) is 36.5 Å². The number of hydrazine groups is 1. The minimum atomic E-state index is -0.237. The fourth-order valence-corrected chi connectivity index (χ4v) is 2.89. The number of nitrogens with zero attached hydrogens (tertiary/aromatic N) is 1. The highest BCUT2D eigenvalue weighted by Gasteiger charge is 2.15. The molecule has 1 heterocycles. The number of halogens is 2. The zero-order chi connectivity index (χ0) is 14.5. The minimum Gasteiger partial charge on any atom is -0.271 e. The van der Waals surface area contributed by atoms with Crippen LogP contribution < -0.4 is 11.3 Å². The molecule has 1 aromatic heterocycles. The third kappa shape index (κ3) is 3.74. The van der Waals surface area contributed by atoms with Crippen LogP contribution in [0, 0.1) is 9.39 Å². The van der Waals surface area contributed by atoms with E-state index in [1.807, 2.05) is 12.3 Å². The highest BCUT2D eigenvalue weighted by atomic mass is 127. The normalized spacial score (nSPS) is 12.4. The van der Waals surface area contributed by atoms with Gasteiger partial charge in [-0.2, -0.15) is 0 Å². The van der Waals surface area contributed by atoms with Crippen LogP contribution in [0.5, 0.6) is 0 Å². The van der Waals surface area contributed by atoms with Gasteiger partial charge in [-0.15, -0.1) is 0 Å². The lowest BCUT2D eigenvalue weighted by atomic mass is 10.0. The molecule has 0 saturated heterocycles. The van der Waals surface area contributed by atoms with E-state index in [1.165, 1.54) is 17.7 Å². The largest absolute Gasteiger partial charge is 0.271 e. The summed E-state index contributed by atoms with van der Waals surface area (Å²) < 4.78 is 14.0. The van der Waals surface area contributed by atoms with Gasteiger partial charge in [0.25, 0.3) is 0 Å². The molecular weight excluding hydrogens is 368 g/mol. The van der Waals surface area contributed by atoms with Gasteiger partial charge in [0.1, 0.15) is 5.82 Å². The quantitative estimate of drug-likeness (QED) is 0.473. The third-order valence-electron chi connectivity index (χ3n) is 3.25. The van der Waals surface area contributed by atoms with E-state index in [9.17, 15) is 4.39 Å². The van der Waals surface area contributed by atoms with Crippen LogP contribution in [-0.2, 0) is 12.8 Å². The number of rotatable bonds is 5. The van der Waals surface area contributed by atoms with Crippen LogP contribution in [-0.4, -0.2) is 4.98 Å². The topological polar surface area (TPSA) is 50.9 Å². The molecule has 0 bridgehead atoms. The Balaban J connectivity index is 2.19. The molecule has 20 heavy (non-hydrogen) atoms. The van der Waals surface area contributed by atoms with Gasteiger partial charge in [0.05, 0.1) is 6.04 Å². The average molecular weight is 385 g/mol. The second-order valence-corrected chi connectivity index (χ2v) is 5.76. The van der Waals surface area contributed by atoms with E-state index in [4.69, 9.17) is 5.84 Å². The molecule has 0 saturated carbocycles. The van der Waals surface area contributed by atoms with Crippen molar-refractivity contribution in [2.45, 2.75) is 25.8 Å². The van der Waals surface area contributed by atoms with Gasteiger partial charge in [-0.3, -0.25) is 16.3 Å². The van der Waals surface area contributed by atoms with Crippen molar-refractivity contribution in [3.8, 4) is 0 Å². The molecule has 1 aromatic carbocycles. The Kier molecular flexibility index (Phi) is 5.45. The van der Waals surface area contributed by atoms with E-state index in [0.29, 0.717) is 6.42 Å². The van der Waals surface area contributed by atoms with Gasteiger partial charge in [-0.25, -0.2) is 4.39 Å². The molecule has 2 aromatic rings. The van der Waals surface area contributed by atoms with Gasteiger partial charge < -0.3 is 0 Å². The van der Waals surface area contributed by atoms with Crippen LogP contribution in [0.2, 0.25) is 0 Å². The SMILES string of the molecule is CCc1ccc(CC(NN)c2ccc(F)cc2I)nc1. The van der Waals surface area contributed by atoms with Gasteiger partial charge in [0, 0.05) is 21.9 Å². The van der Waals surface area contributed by atoms with Crippen molar-refractivity contribution in [3.05, 3.63) is 62.7 Å². The zero-order valence-corrected chi connectivity index (χ0v) is 13.4. The van der Waals surface area contributed by atoms with E-state index in [2.05, 4.69) is 46.0 Å². The summed E-state index contributed by atoms with van der Waals surface area (Å²) in [5.74, 6) is 5.40. The molecule has 2 rings (SSSR count). The summed E-state index contributed by atoms with van der Waals surface area (Å²) in [5.41, 5.74) is 5.94. The lowest BCUT2D eigenvalue weighted by Gasteiger charge is -2.17. The number of hydrogen-bond acceptors (Lipinski definition) is 3. The predicted molar refractivity (Wildman–Crippen MR) is 86.5 cm³/mol. The Hall–Kier alpha value is -1.05. The summed E-state index contributed by atoms with van der Waals surface area (Å²) in [5, 5.41) is 0. The van der Waals surface area contributed by atoms with Gasteiger partial charge in [0.15, 0.2) is 0 Å². The van der Waals surface area contributed by atoms with Crippen LogP contribution in [0.25, 0.3) is 0 Å². The van der Waals surface area contributed by atoms with Crippen molar-refractivity contribution in [2.24, 2.45) is 5.84 Å². The van der Waals surface area contributed by atoms with E-state index >= 15 is 0 Å². The van der Waals surface area contributed by atoms with Gasteiger partial charge >= 0.3 is 0 Å². The maximum absolute atomic E-state index is 13.2. The first-order valence-corrected chi connectivity index (χ1v) is 7.56. The number of hydrogen-bond donors (Lipinski definition) is 2.